The third kappa shape index (κ3) is 8.68. The Morgan fingerprint density at radius 3 is 2.10 bits per heavy atom. The Kier molecular flexibility index (Phi) is 13.5. The van der Waals surface area contributed by atoms with Crippen molar-refractivity contribution in [2.75, 3.05) is 0 Å². The number of benzene rings is 1. The van der Waals surface area contributed by atoms with Gasteiger partial charge in [0.2, 0.25) is 0 Å². The van der Waals surface area contributed by atoms with Gasteiger partial charge in [-0.05, 0) is 37.1 Å². The first-order chi connectivity index (χ1) is 19.8. The largest absolute Gasteiger partial charge is 0.508 e. The van der Waals surface area contributed by atoms with E-state index in [4.69, 9.17) is 9.68 Å². The molecule has 42 heavy (non-hydrogen) atoms. The summed E-state index contributed by atoms with van der Waals surface area (Å²) < 4.78 is 0.660. The van der Waals surface area contributed by atoms with Crippen molar-refractivity contribution in [2.45, 2.75) is 72.8 Å². The van der Waals surface area contributed by atoms with Crippen molar-refractivity contribution in [2.24, 2.45) is 0 Å². The molecule has 1 N–H and O–H groups in total. The lowest BCUT2D eigenvalue weighted by Gasteiger charge is -2.37. The minimum atomic E-state index is -2.06. The normalized spacial score (nSPS) is 14.3. The van der Waals surface area contributed by atoms with Crippen molar-refractivity contribution in [3.05, 3.63) is 35.4 Å². The van der Waals surface area contributed by atoms with E-state index in [9.17, 15) is 43.9 Å². The van der Waals surface area contributed by atoms with Gasteiger partial charge in [-0.1, -0.05) is 39.8 Å². The van der Waals surface area contributed by atoms with Crippen molar-refractivity contribution >= 4 is 56.0 Å². The minimum absolute atomic E-state index is 0.0724. The van der Waals surface area contributed by atoms with Crippen LogP contribution in [-0.4, -0.2) is 66.7 Å². The Hall–Kier alpha value is -4.63. The molecule has 14 nitrogen and oxygen atoms in total. The van der Waals surface area contributed by atoms with Crippen LogP contribution in [0.5, 0.6) is 5.75 Å². The zero-order valence-electron chi connectivity index (χ0n) is 24.1. The summed E-state index contributed by atoms with van der Waals surface area (Å²) in [7, 11) is -1.37. The summed E-state index contributed by atoms with van der Waals surface area (Å²) in [6, 6.07) is 7.12. The van der Waals surface area contributed by atoms with E-state index < -0.39 is 61.1 Å². The monoisotopic (exact) mass is 604 g/mol. The second-order valence-electron chi connectivity index (χ2n) is 8.54. The molecule has 1 aromatic rings. The van der Waals surface area contributed by atoms with E-state index in [0.29, 0.717) is 10.2 Å². The number of rotatable bonds is 9. The van der Waals surface area contributed by atoms with Crippen LogP contribution in [0.1, 0.15) is 72.8 Å². The van der Waals surface area contributed by atoms with Gasteiger partial charge in [-0.3, -0.25) is 28.6 Å². The van der Waals surface area contributed by atoms with Gasteiger partial charge in [0.1, 0.15) is 31.7 Å². The highest BCUT2D eigenvalue weighted by Gasteiger charge is 2.47. The minimum Gasteiger partial charge on any atom is -0.508 e. The fourth-order valence-electron chi connectivity index (χ4n) is 3.26. The highest BCUT2D eigenvalue weighted by molar-refractivity contribution is 7.55. The number of amides is 5. The van der Waals surface area contributed by atoms with Crippen molar-refractivity contribution in [3.8, 4) is 11.8 Å². The molecule has 2 rings (SSSR count). The van der Waals surface area contributed by atoms with Crippen LogP contribution in [0.2, 0.25) is 0 Å². The molecule has 2 atom stereocenters. The number of carbonyl (C=O) groups excluding carboxylic acids is 7. The molecule has 0 saturated carbocycles. The summed E-state index contributed by atoms with van der Waals surface area (Å²) in [6.45, 7) is 9.03. The second-order valence-corrected chi connectivity index (χ2v) is 9.62. The summed E-state index contributed by atoms with van der Waals surface area (Å²) in [5.74, 6) is -5.82. The molecule has 1 heterocycles. The molecule has 0 aliphatic carbocycles. The number of phenolic OH excluding ortho intramolecular Hbond substituents is 1. The van der Waals surface area contributed by atoms with Gasteiger partial charge in [-0.2, -0.15) is 5.26 Å². The molecule has 1 saturated heterocycles. The lowest BCUT2D eigenvalue weighted by atomic mass is 9.98. The molecule has 1 aromatic carbocycles. The average Bonchev–Trinajstić information content (AvgIpc) is 3.29. The molecule has 0 bridgehead atoms. The molecule has 5 amide bonds. The zero-order valence-corrected chi connectivity index (χ0v) is 25.1. The van der Waals surface area contributed by atoms with E-state index in [2.05, 4.69) is 0 Å². The molecule has 0 aromatic heterocycles. The van der Waals surface area contributed by atoms with Gasteiger partial charge in [0.05, 0.1) is 0 Å². The first-order valence-electron chi connectivity index (χ1n) is 12.9. The zero-order chi connectivity index (χ0) is 32.2. The number of hydrogen-bond acceptors (Lipinski definition) is 11. The Balaban J connectivity index is 0.00000431. The van der Waals surface area contributed by atoms with Crippen LogP contribution in [-0.2, 0) is 38.4 Å². The number of hydroxylamine groups is 4. The van der Waals surface area contributed by atoms with Gasteiger partial charge < -0.3 is 14.8 Å². The van der Waals surface area contributed by atoms with Gasteiger partial charge in [-0.15, -0.1) is 10.1 Å². The second kappa shape index (κ2) is 16.0. The highest BCUT2D eigenvalue weighted by Crippen LogP contribution is 2.37. The van der Waals surface area contributed by atoms with Crippen LogP contribution in [0.25, 0.3) is 6.08 Å². The molecular formula is C27H33N4O10P. The van der Waals surface area contributed by atoms with E-state index in [-0.39, 0.29) is 41.6 Å². The van der Waals surface area contributed by atoms with Crippen LogP contribution >= 0.6 is 8.73 Å². The molecule has 0 radical (unpaired) electrons. The molecule has 15 heteroatoms. The maximum atomic E-state index is 13.6. The summed E-state index contributed by atoms with van der Waals surface area (Å²) >= 11 is 0. The van der Waals surface area contributed by atoms with Crippen molar-refractivity contribution in [3.63, 3.8) is 0 Å². The van der Waals surface area contributed by atoms with Crippen LogP contribution in [0.4, 0.5) is 4.79 Å². The lowest BCUT2D eigenvalue weighted by molar-refractivity contribution is -0.207. The first kappa shape index (κ1) is 35.4. The van der Waals surface area contributed by atoms with E-state index >= 15 is 0 Å². The van der Waals surface area contributed by atoms with E-state index in [0.717, 1.165) is 13.0 Å². The maximum absolute atomic E-state index is 13.6. The summed E-state index contributed by atoms with van der Waals surface area (Å²) in [4.78, 5) is 97.7. The molecular weight excluding hydrogens is 571 g/mol. The Labute approximate surface area is 244 Å². The third-order valence-corrected chi connectivity index (χ3v) is 6.95. The summed E-state index contributed by atoms with van der Waals surface area (Å²) in [6.07, 6.45) is 0.345. The fraction of sp³-hybridized carbons (Fsp3) is 0.407. The number of imide groups is 2. The fourth-order valence-corrected chi connectivity index (χ4v) is 4.29. The summed E-state index contributed by atoms with van der Waals surface area (Å²) in [5, 5.41) is 19.7. The standard InChI is InChI=1S/C25H27N4O10P.C2H6/c1-5-19(32)27(15(3)30)38-23(36)25(4,6-2)29(40-24(37)39-28-20(33)11-12-21(28)34)22(35)17(14-26)13-16-7-9-18(31)10-8-16;1-2/h7-10,13,31,40H,5-6,11-12H2,1-4H3;1-2H3/b17-13+;. The number of phenols is 1. The lowest BCUT2D eigenvalue weighted by Crippen LogP contribution is -2.54. The number of hydrogen-bond donors (Lipinski definition) is 1. The predicted octanol–water partition coefficient (Wildman–Crippen LogP) is 3.36. The third-order valence-electron chi connectivity index (χ3n) is 5.75. The van der Waals surface area contributed by atoms with E-state index in [1.807, 2.05) is 13.8 Å². The number of nitrogens with zero attached hydrogens (tertiary/aromatic N) is 4. The Bertz CT molecular complexity index is 1290. The molecule has 1 fully saturated rings. The predicted molar refractivity (Wildman–Crippen MR) is 148 cm³/mol. The quantitative estimate of drug-likeness (QED) is 0.143. The van der Waals surface area contributed by atoms with Crippen LogP contribution in [0.15, 0.2) is 29.8 Å². The van der Waals surface area contributed by atoms with Crippen molar-refractivity contribution < 1.29 is 48.3 Å². The van der Waals surface area contributed by atoms with Crippen molar-refractivity contribution in [1.29, 1.82) is 5.26 Å². The van der Waals surface area contributed by atoms with Gasteiger partial charge in [0.15, 0.2) is 0 Å². The van der Waals surface area contributed by atoms with Gasteiger partial charge >= 0.3 is 11.7 Å². The topological polar surface area (TPSA) is 192 Å². The number of carbonyl (C=O) groups is 7. The van der Waals surface area contributed by atoms with Crippen LogP contribution in [0, 0.1) is 11.3 Å². The number of aromatic hydroxyl groups is 1. The molecule has 2 unspecified atom stereocenters. The highest BCUT2D eigenvalue weighted by atomic mass is 31.1. The van der Waals surface area contributed by atoms with E-state index in [1.165, 1.54) is 45.0 Å². The smallest absolute Gasteiger partial charge is 0.369 e. The summed E-state index contributed by atoms with van der Waals surface area (Å²) in [5.41, 5.74) is -3.54. The molecule has 0 spiro atoms. The van der Waals surface area contributed by atoms with Crippen molar-refractivity contribution in [1.82, 2.24) is 14.8 Å². The Morgan fingerprint density at radius 2 is 1.64 bits per heavy atom. The Morgan fingerprint density at radius 1 is 1.10 bits per heavy atom. The van der Waals surface area contributed by atoms with Gasteiger partial charge in [0.25, 0.3) is 29.5 Å². The number of nitriles is 1. The van der Waals surface area contributed by atoms with Gasteiger partial charge in [0, 0.05) is 26.2 Å². The molecule has 1 aliphatic heterocycles. The SMILES string of the molecule is CC.CCC(=O)N(OC(=O)C(C)(CC)N(PC(=O)ON1C(=O)CCC1=O)C(=O)/C(C#N)=C/c1ccc(O)cc1)C(C)=O. The first-order valence-corrected chi connectivity index (χ1v) is 13.9. The van der Waals surface area contributed by atoms with E-state index in [1.54, 1.807) is 6.07 Å². The molecule has 1 aliphatic rings. The maximum Gasteiger partial charge on any atom is 0.369 e. The average molecular weight is 605 g/mol. The van der Waals surface area contributed by atoms with Crippen LogP contribution in [0.3, 0.4) is 0 Å². The molecule has 226 valence electrons. The van der Waals surface area contributed by atoms with Crippen LogP contribution < -0.4 is 0 Å². The van der Waals surface area contributed by atoms with Gasteiger partial charge in [-0.25, -0.2) is 9.59 Å².